The molecule has 0 aliphatic heterocycles. The second kappa shape index (κ2) is 36.8. The molecule has 0 heterocycles. The van der Waals surface area contributed by atoms with E-state index in [1.807, 2.05) is 42.3 Å². The third-order valence-electron chi connectivity index (χ3n) is 11.6. The predicted octanol–water partition coefficient (Wildman–Crippen LogP) is 13.9. The molecule has 6 aliphatic rings. The molecule has 6 nitrogen and oxygen atoms in total. The van der Waals surface area contributed by atoms with Gasteiger partial charge in [-0.1, -0.05) is 193 Å². The van der Waals surface area contributed by atoms with Crippen LogP contribution in [0.1, 0.15) is 193 Å². The van der Waals surface area contributed by atoms with Crippen LogP contribution in [0.2, 0.25) is 0 Å². The molecule has 7 heteroatoms. The van der Waals surface area contributed by atoms with E-state index in [0.29, 0.717) is 36.3 Å². The second-order valence-corrected chi connectivity index (χ2v) is 15.3. The molecule has 0 aromatic carbocycles. The fourth-order valence-electron chi connectivity index (χ4n) is 8.04. The molecule has 0 radical (unpaired) electrons. The van der Waals surface area contributed by atoms with Crippen molar-refractivity contribution in [2.75, 3.05) is 42.3 Å². The summed E-state index contributed by atoms with van der Waals surface area (Å²) in [5.74, 6) is 0. The molecule has 0 aromatic rings. The largest absolute Gasteiger partial charge is 0.662 e. The molecule has 0 saturated heterocycles. The minimum absolute atomic E-state index is 0. The average molecular weight is 769 g/mol. The van der Waals surface area contributed by atoms with Gasteiger partial charge < -0.3 is 31.9 Å². The SMILES string of the molecule is C[N-]C1CCCCC1.C[N-]C1CCCCC1.C[N-]C1CCCCC1.C[N-]C1CCCCC1.C[N-]C1CCCCC1.C[N-]C1CCCCC1.[Mo]. The van der Waals surface area contributed by atoms with Crippen molar-refractivity contribution in [3.8, 4) is 0 Å². The third kappa shape index (κ3) is 28.6. The van der Waals surface area contributed by atoms with E-state index in [9.17, 15) is 0 Å². The molecule has 0 amide bonds. The van der Waals surface area contributed by atoms with Gasteiger partial charge in [0.1, 0.15) is 0 Å². The van der Waals surface area contributed by atoms with Crippen LogP contribution in [0.3, 0.4) is 0 Å². The van der Waals surface area contributed by atoms with Crippen molar-refractivity contribution in [2.45, 2.75) is 229 Å². The maximum Gasteiger partial charge on any atom is 0 e. The van der Waals surface area contributed by atoms with Crippen LogP contribution < -0.4 is 0 Å². The fourth-order valence-corrected chi connectivity index (χ4v) is 8.04. The van der Waals surface area contributed by atoms with Crippen molar-refractivity contribution in [1.29, 1.82) is 0 Å². The van der Waals surface area contributed by atoms with Crippen LogP contribution in [0.25, 0.3) is 31.9 Å². The normalized spacial score (nSPS) is 23.1. The van der Waals surface area contributed by atoms with E-state index in [4.69, 9.17) is 0 Å². The van der Waals surface area contributed by atoms with Gasteiger partial charge in [-0.15, -0.1) is 36.3 Å². The number of nitrogens with zero attached hydrogens (tertiary/aromatic N) is 6. The Labute approximate surface area is 322 Å². The van der Waals surface area contributed by atoms with Crippen molar-refractivity contribution >= 4 is 0 Å². The minimum Gasteiger partial charge on any atom is -0.662 e. The first kappa shape index (κ1) is 49.4. The molecule has 0 bridgehead atoms. The molecule has 0 unspecified atom stereocenters. The molecule has 49 heavy (non-hydrogen) atoms. The van der Waals surface area contributed by atoms with Crippen molar-refractivity contribution < 1.29 is 21.1 Å². The van der Waals surface area contributed by atoms with Crippen LogP contribution in [0.5, 0.6) is 0 Å². The maximum atomic E-state index is 4.25. The smallest absolute Gasteiger partial charge is 0 e. The summed E-state index contributed by atoms with van der Waals surface area (Å²) in [6.45, 7) is 0. The summed E-state index contributed by atoms with van der Waals surface area (Å²) in [6.07, 6.45) is 41.6. The van der Waals surface area contributed by atoms with Crippen LogP contribution in [0.15, 0.2) is 0 Å². The Bertz CT molecular complexity index is 479. The quantitative estimate of drug-likeness (QED) is 0.241. The first-order valence-electron chi connectivity index (χ1n) is 21.1. The van der Waals surface area contributed by atoms with Crippen LogP contribution in [-0.4, -0.2) is 78.5 Å². The van der Waals surface area contributed by atoms with Gasteiger partial charge in [0, 0.05) is 21.1 Å². The molecule has 0 N–H and O–H groups in total. The third-order valence-corrected chi connectivity index (χ3v) is 11.6. The standard InChI is InChI=1S/6C7H14N.Mo/c6*1-8-7-5-3-2-4-6-7;/h6*7H,2-6H2,1H3;/q6*-1;. The summed E-state index contributed by atoms with van der Waals surface area (Å²) >= 11 is 0. The van der Waals surface area contributed by atoms with E-state index in [0.717, 1.165) is 0 Å². The Morgan fingerprint density at radius 3 is 0.367 bits per heavy atom. The van der Waals surface area contributed by atoms with Gasteiger partial charge in [0.25, 0.3) is 0 Å². The van der Waals surface area contributed by atoms with Crippen LogP contribution in [0.4, 0.5) is 0 Å². The van der Waals surface area contributed by atoms with Crippen molar-refractivity contribution in [3.05, 3.63) is 31.9 Å². The molecule has 6 fully saturated rings. The molecular formula is C42H84MoN6-6. The predicted molar refractivity (Wildman–Crippen MR) is 217 cm³/mol. The zero-order valence-corrected chi connectivity index (χ0v) is 35.8. The molecule has 0 spiro atoms. The van der Waals surface area contributed by atoms with E-state index in [2.05, 4.69) is 31.9 Å². The Morgan fingerprint density at radius 2 is 0.306 bits per heavy atom. The molecule has 0 aromatic heterocycles. The molecular weight excluding hydrogens is 684 g/mol. The van der Waals surface area contributed by atoms with Crippen LogP contribution >= 0.6 is 0 Å². The summed E-state index contributed by atoms with van der Waals surface area (Å²) in [5, 5.41) is 25.5. The number of hydrogen-bond acceptors (Lipinski definition) is 0. The average Bonchev–Trinajstić information content (AvgIpc) is 3.21. The molecule has 0 atom stereocenters. The van der Waals surface area contributed by atoms with Gasteiger partial charge in [-0.2, -0.15) is 42.3 Å². The van der Waals surface area contributed by atoms with Crippen molar-refractivity contribution in [2.24, 2.45) is 0 Å². The van der Waals surface area contributed by atoms with E-state index in [1.54, 1.807) is 0 Å². The zero-order valence-electron chi connectivity index (χ0n) is 33.8. The van der Waals surface area contributed by atoms with E-state index in [1.165, 1.54) is 193 Å². The van der Waals surface area contributed by atoms with Gasteiger partial charge in [-0.3, -0.25) is 0 Å². The number of rotatable bonds is 6. The monoisotopic (exact) mass is 771 g/mol. The van der Waals surface area contributed by atoms with Gasteiger partial charge in [-0.25, -0.2) is 0 Å². The van der Waals surface area contributed by atoms with Gasteiger partial charge in [0.05, 0.1) is 0 Å². The Morgan fingerprint density at radius 1 is 0.204 bits per heavy atom. The molecule has 294 valence electrons. The maximum absolute atomic E-state index is 4.25. The summed E-state index contributed by atoms with van der Waals surface area (Å²) in [5.41, 5.74) is 0. The Kier molecular flexibility index (Phi) is 37.1. The first-order valence-corrected chi connectivity index (χ1v) is 21.1. The molecule has 6 rings (SSSR count). The Balaban J connectivity index is 0.000000562. The van der Waals surface area contributed by atoms with Gasteiger partial charge in [0.15, 0.2) is 0 Å². The summed E-state index contributed by atoms with van der Waals surface area (Å²) in [7, 11) is 11.6. The fraction of sp³-hybridized carbons (Fsp3) is 1.00. The summed E-state index contributed by atoms with van der Waals surface area (Å²) < 4.78 is 0. The second-order valence-electron chi connectivity index (χ2n) is 15.3. The van der Waals surface area contributed by atoms with Gasteiger partial charge in [0.2, 0.25) is 0 Å². The first-order chi connectivity index (χ1) is 23.6. The Hall–Kier alpha value is 0.448. The van der Waals surface area contributed by atoms with Crippen molar-refractivity contribution in [1.82, 2.24) is 0 Å². The molecule has 6 aliphatic carbocycles. The summed E-state index contributed by atoms with van der Waals surface area (Å²) in [4.78, 5) is 0. The number of hydrogen-bond donors (Lipinski definition) is 0. The van der Waals surface area contributed by atoms with Crippen LogP contribution in [-0.2, 0) is 21.1 Å². The van der Waals surface area contributed by atoms with Gasteiger partial charge >= 0.3 is 0 Å². The zero-order chi connectivity index (χ0) is 34.9. The van der Waals surface area contributed by atoms with E-state index >= 15 is 0 Å². The van der Waals surface area contributed by atoms with Gasteiger partial charge in [-0.05, 0) is 0 Å². The van der Waals surface area contributed by atoms with Crippen molar-refractivity contribution in [3.63, 3.8) is 0 Å². The van der Waals surface area contributed by atoms with E-state index in [-0.39, 0.29) is 21.1 Å². The minimum atomic E-state index is 0. The molecule has 6 saturated carbocycles. The van der Waals surface area contributed by atoms with E-state index < -0.39 is 0 Å². The summed E-state index contributed by atoms with van der Waals surface area (Å²) in [6, 6.07) is 4.27. The van der Waals surface area contributed by atoms with Crippen LogP contribution in [0, 0.1) is 0 Å². The topological polar surface area (TPSA) is 84.6 Å².